The number of carbonyl (C=O) groups is 1. The average molecular weight is 154 g/mol. The molecule has 0 amide bonds. The van der Waals surface area contributed by atoms with E-state index in [0.717, 1.165) is 0 Å². The van der Waals surface area contributed by atoms with Crippen LogP contribution in [-0.4, -0.2) is 11.1 Å². The third-order valence-corrected chi connectivity index (χ3v) is 1.50. The molecule has 0 saturated heterocycles. The summed E-state index contributed by atoms with van der Waals surface area (Å²) in [6, 6.07) is 0. The first kappa shape index (κ1) is 9.95. The van der Waals surface area contributed by atoms with E-state index in [9.17, 15) is 4.79 Å². The van der Waals surface area contributed by atoms with Gasteiger partial charge in [-0.15, -0.1) is 0 Å². The zero-order valence-corrected chi connectivity index (χ0v) is 7.00. The highest BCUT2D eigenvalue weighted by Gasteiger charge is 2.15. The summed E-state index contributed by atoms with van der Waals surface area (Å²) in [5.41, 5.74) is 0.704. The lowest BCUT2D eigenvalue weighted by molar-refractivity contribution is -0.140. The topological polar surface area (TPSA) is 37.3 Å². The van der Waals surface area contributed by atoms with Crippen molar-refractivity contribution in [3.8, 4) is 0 Å². The molecule has 1 atom stereocenters. The molecule has 0 fully saturated rings. The maximum Gasteiger partial charge on any atom is 0.310 e. The summed E-state index contributed by atoms with van der Waals surface area (Å²) < 4.78 is 0. The minimum atomic E-state index is -0.796. The monoisotopic (exact) mass is 154 g/mol. The zero-order valence-electron chi connectivity index (χ0n) is 7.00. The number of allylic oxidation sites excluding steroid dienone is 2. The normalized spacial score (nSPS) is 13.3. The minimum Gasteiger partial charge on any atom is -0.481 e. The van der Waals surface area contributed by atoms with Crippen LogP contribution >= 0.6 is 0 Å². The van der Waals surface area contributed by atoms with Gasteiger partial charge < -0.3 is 5.11 Å². The van der Waals surface area contributed by atoms with Crippen LogP contribution in [0, 0.1) is 5.92 Å². The molecule has 0 aliphatic carbocycles. The molecule has 2 nitrogen and oxygen atoms in total. The fourth-order valence-electron chi connectivity index (χ4n) is 0.785. The summed E-state index contributed by atoms with van der Waals surface area (Å²) in [4.78, 5) is 10.6. The van der Waals surface area contributed by atoms with E-state index in [0.29, 0.717) is 12.0 Å². The molecule has 0 aliphatic rings. The molecule has 0 bridgehead atoms. The fourth-order valence-corrected chi connectivity index (χ4v) is 0.785. The molecule has 0 radical (unpaired) electrons. The first-order valence-electron chi connectivity index (χ1n) is 3.59. The molecule has 0 heterocycles. The van der Waals surface area contributed by atoms with Gasteiger partial charge in [0.15, 0.2) is 0 Å². The summed E-state index contributed by atoms with van der Waals surface area (Å²) in [5.74, 6) is -1.22. The Hall–Kier alpha value is -1.05. The Morgan fingerprint density at radius 2 is 2.27 bits per heavy atom. The van der Waals surface area contributed by atoms with Crippen molar-refractivity contribution in [1.82, 2.24) is 0 Å². The Labute approximate surface area is 67.2 Å². The molecule has 0 rings (SSSR count). The molecule has 0 aliphatic heterocycles. The van der Waals surface area contributed by atoms with Gasteiger partial charge in [-0.3, -0.25) is 4.79 Å². The van der Waals surface area contributed by atoms with Crippen LogP contribution in [0.4, 0.5) is 0 Å². The number of carboxylic acids is 1. The second-order valence-corrected chi connectivity index (χ2v) is 2.54. The van der Waals surface area contributed by atoms with Gasteiger partial charge in [0, 0.05) is 0 Å². The lowest BCUT2D eigenvalue weighted by atomic mass is 9.98. The first-order valence-corrected chi connectivity index (χ1v) is 3.59. The smallest absolute Gasteiger partial charge is 0.310 e. The van der Waals surface area contributed by atoms with E-state index in [1.165, 1.54) is 0 Å². The van der Waals surface area contributed by atoms with Crippen LogP contribution in [0.2, 0.25) is 0 Å². The number of hydrogen-bond donors (Lipinski definition) is 1. The van der Waals surface area contributed by atoms with Crippen LogP contribution in [0.5, 0.6) is 0 Å². The highest BCUT2D eigenvalue weighted by atomic mass is 16.4. The Morgan fingerprint density at radius 3 is 2.55 bits per heavy atom. The Bertz CT molecular complexity index is 166. The minimum absolute atomic E-state index is 0.425. The summed E-state index contributed by atoms with van der Waals surface area (Å²) in [5, 5.41) is 8.68. The Morgan fingerprint density at radius 1 is 1.73 bits per heavy atom. The molecule has 0 aromatic carbocycles. The molecule has 62 valence electrons. The summed E-state index contributed by atoms with van der Waals surface area (Å²) >= 11 is 0. The summed E-state index contributed by atoms with van der Waals surface area (Å²) in [7, 11) is 0. The predicted molar refractivity (Wildman–Crippen MR) is 45.4 cm³/mol. The van der Waals surface area contributed by atoms with Gasteiger partial charge in [-0.25, -0.2) is 0 Å². The van der Waals surface area contributed by atoms with Crippen molar-refractivity contribution in [3.05, 3.63) is 24.3 Å². The van der Waals surface area contributed by atoms with Crippen LogP contribution in [-0.2, 0) is 4.79 Å². The average Bonchev–Trinajstić information content (AvgIpc) is 1.87. The van der Waals surface area contributed by atoms with Crippen molar-refractivity contribution in [1.29, 1.82) is 0 Å². The van der Waals surface area contributed by atoms with E-state index < -0.39 is 11.9 Å². The molecule has 0 aromatic heterocycles. The summed E-state index contributed by atoms with van der Waals surface area (Å²) in [6.07, 6.45) is 4.23. The van der Waals surface area contributed by atoms with Gasteiger partial charge in [-0.1, -0.05) is 24.3 Å². The Kier molecular flexibility index (Phi) is 4.27. The number of aliphatic carboxylic acids is 1. The quantitative estimate of drug-likeness (QED) is 0.630. The second-order valence-electron chi connectivity index (χ2n) is 2.54. The van der Waals surface area contributed by atoms with E-state index in [2.05, 4.69) is 6.58 Å². The van der Waals surface area contributed by atoms with Crippen LogP contribution in [0.25, 0.3) is 0 Å². The van der Waals surface area contributed by atoms with Gasteiger partial charge in [0.1, 0.15) is 0 Å². The van der Waals surface area contributed by atoms with Crippen LogP contribution in [0.3, 0.4) is 0 Å². The molecule has 0 aromatic rings. The van der Waals surface area contributed by atoms with Crippen LogP contribution in [0.15, 0.2) is 24.3 Å². The van der Waals surface area contributed by atoms with Crippen molar-refractivity contribution in [3.63, 3.8) is 0 Å². The molecule has 11 heavy (non-hydrogen) atoms. The van der Waals surface area contributed by atoms with Crippen molar-refractivity contribution in [2.75, 3.05) is 0 Å². The highest BCUT2D eigenvalue weighted by Crippen LogP contribution is 2.13. The van der Waals surface area contributed by atoms with E-state index in [-0.39, 0.29) is 0 Å². The molecular formula is C9H14O2. The third kappa shape index (κ3) is 3.61. The largest absolute Gasteiger partial charge is 0.481 e. The lowest BCUT2D eigenvalue weighted by Gasteiger charge is -2.07. The standard InChI is InChI=1S/C9H14O2/c1-4-5-6-8(7(2)3)9(10)11/h4-5,8H,2,6H2,1,3H3,(H,10,11). The second kappa shape index (κ2) is 4.72. The van der Waals surface area contributed by atoms with Gasteiger partial charge in [0.05, 0.1) is 5.92 Å². The van der Waals surface area contributed by atoms with Gasteiger partial charge in [-0.2, -0.15) is 0 Å². The van der Waals surface area contributed by atoms with E-state index >= 15 is 0 Å². The predicted octanol–water partition coefficient (Wildman–Crippen LogP) is 2.23. The van der Waals surface area contributed by atoms with Crippen molar-refractivity contribution in [2.45, 2.75) is 20.3 Å². The van der Waals surface area contributed by atoms with Crippen molar-refractivity contribution < 1.29 is 9.90 Å². The first-order chi connectivity index (χ1) is 5.09. The van der Waals surface area contributed by atoms with Gasteiger partial charge in [0.2, 0.25) is 0 Å². The molecule has 0 spiro atoms. The zero-order chi connectivity index (χ0) is 8.85. The lowest BCUT2D eigenvalue weighted by Crippen LogP contribution is -2.13. The number of rotatable bonds is 4. The third-order valence-electron chi connectivity index (χ3n) is 1.50. The highest BCUT2D eigenvalue weighted by molar-refractivity contribution is 5.73. The molecule has 0 saturated carbocycles. The van der Waals surface area contributed by atoms with Gasteiger partial charge >= 0.3 is 5.97 Å². The maximum absolute atomic E-state index is 10.6. The summed E-state index contributed by atoms with van der Waals surface area (Å²) in [6.45, 7) is 7.23. The van der Waals surface area contributed by atoms with Gasteiger partial charge in [0.25, 0.3) is 0 Å². The molecular weight excluding hydrogens is 140 g/mol. The van der Waals surface area contributed by atoms with Crippen LogP contribution < -0.4 is 0 Å². The maximum atomic E-state index is 10.6. The number of carboxylic acid groups (broad SMARTS) is 1. The Balaban J connectivity index is 4.12. The molecule has 1 N–H and O–H groups in total. The van der Waals surface area contributed by atoms with Crippen molar-refractivity contribution >= 4 is 5.97 Å². The van der Waals surface area contributed by atoms with E-state index in [1.54, 1.807) is 6.92 Å². The van der Waals surface area contributed by atoms with E-state index in [4.69, 9.17) is 5.11 Å². The van der Waals surface area contributed by atoms with E-state index in [1.807, 2.05) is 19.1 Å². The fraction of sp³-hybridized carbons (Fsp3) is 0.444. The molecule has 1 unspecified atom stereocenters. The van der Waals surface area contributed by atoms with Crippen LogP contribution in [0.1, 0.15) is 20.3 Å². The number of hydrogen-bond acceptors (Lipinski definition) is 1. The SMILES string of the molecule is C=C(C)C(CC=CC)C(=O)O. The molecule has 2 heteroatoms. The van der Waals surface area contributed by atoms with Gasteiger partial charge in [-0.05, 0) is 20.3 Å². The van der Waals surface area contributed by atoms with Crippen molar-refractivity contribution in [2.24, 2.45) is 5.92 Å².